The lowest BCUT2D eigenvalue weighted by Crippen LogP contribution is -2.32. The van der Waals surface area contributed by atoms with E-state index in [0.29, 0.717) is 12.1 Å². The number of aromatic nitrogens is 2. The van der Waals surface area contributed by atoms with E-state index in [4.69, 9.17) is 5.11 Å². The van der Waals surface area contributed by atoms with Crippen molar-refractivity contribution < 1.29 is 14.7 Å². The summed E-state index contributed by atoms with van der Waals surface area (Å²) in [6, 6.07) is -0.0559. The Kier molecular flexibility index (Phi) is 3.43. The van der Waals surface area contributed by atoms with E-state index >= 15 is 0 Å². The molecule has 6 nitrogen and oxygen atoms in total. The summed E-state index contributed by atoms with van der Waals surface area (Å²) in [5, 5.41) is 11.3. The molecule has 1 aromatic heterocycles. The van der Waals surface area contributed by atoms with E-state index in [9.17, 15) is 9.59 Å². The molecule has 0 aliphatic carbocycles. The average molecular weight is 211 g/mol. The van der Waals surface area contributed by atoms with Crippen LogP contribution in [-0.2, 0) is 11.2 Å². The van der Waals surface area contributed by atoms with E-state index in [1.807, 2.05) is 6.92 Å². The molecule has 2 N–H and O–H groups in total. The minimum absolute atomic E-state index is 0.0559. The largest absolute Gasteiger partial charge is 0.464 e. The zero-order valence-electron chi connectivity index (χ0n) is 8.60. The molecular weight excluding hydrogens is 198 g/mol. The Hall–Kier alpha value is -1.85. The molecule has 1 heterocycles. The Labute approximate surface area is 86.9 Å². The Morgan fingerprint density at radius 2 is 2.33 bits per heavy atom. The van der Waals surface area contributed by atoms with Gasteiger partial charge in [0.25, 0.3) is 0 Å². The summed E-state index contributed by atoms with van der Waals surface area (Å²) in [5.74, 6) is -0.111. The summed E-state index contributed by atoms with van der Waals surface area (Å²) in [5.41, 5.74) is 0.638. The Balaban J connectivity index is 2.57. The number of carbonyl (C=O) groups is 2. The predicted octanol–water partition coefficient (Wildman–Crippen LogP) is 0.476. The van der Waals surface area contributed by atoms with Crippen molar-refractivity contribution in [1.29, 1.82) is 0 Å². The van der Waals surface area contributed by atoms with Gasteiger partial charge in [-0.05, 0) is 6.92 Å². The number of rotatable bonds is 3. The van der Waals surface area contributed by atoms with Crippen LogP contribution in [0.4, 0.5) is 4.79 Å². The normalized spacial score (nSPS) is 12.1. The highest BCUT2D eigenvalue weighted by Crippen LogP contribution is 2.00. The third kappa shape index (κ3) is 3.41. The van der Waals surface area contributed by atoms with Crippen molar-refractivity contribution in [2.45, 2.75) is 26.3 Å². The number of hydrogen-bond donors (Lipinski definition) is 2. The van der Waals surface area contributed by atoms with Gasteiger partial charge in [-0.3, -0.25) is 4.79 Å². The van der Waals surface area contributed by atoms with Gasteiger partial charge in [0.1, 0.15) is 6.33 Å². The molecule has 0 spiro atoms. The van der Waals surface area contributed by atoms with Gasteiger partial charge in [0, 0.05) is 25.6 Å². The molecule has 0 radical (unpaired) electrons. The van der Waals surface area contributed by atoms with E-state index in [2.05, 4.69) is 10.3 Å². The van der Waals surface area contributed by atoms with Gasteiger partial charge in [0.2, 0.25) is 5.91 Å². The van der Waals surface area contributed by atoms with E-state index in [1.54, 1.807) is 0 Å². The van der Waals surface area contributed by atoms with Crippen molar-refractivity contribution in [2.75, 3.05) is 0 Å². The molecule has 6 heteroatoms. The van der Waals surface area contributed by atoms with Gasteiger partial charge in [-0.1, -0.05) is 0 Å². The number of carbonyl (C=O) groups excluding carboxylic acids is 1. The van der Waals surface area contributed by atoms with E-state index < -0.39 is 6.09 Å². The number of hydrogen-bond acceptors (Lipinski definition) is 3. The SMILES string of the molecule is CC(=O)N[C@H](C)Cc1cn(C(=O)O)cn1. The third-order valence-electron chi connectivity index (χ3n) is 1.82. The highest BCUT2D eigenvalue weighted by Gasteiger charge is 2.08. The molecular formula is C9H13N3O3. The number of imidazole rings is 1. The maximum atomic E-state index is 10.7. The molecule has 1 rings (SSSR count). The van der Waals surface area contributed by atoms with Gasteiger partial charge in [0.05, 0.1) is 5.69 Å². The van der Waals surface area contributed by atoms with Crippen LogP contribution in [0, 0.1) is 0 Å². The molecule has 0 bridgehead atoms. The van der Waals surface area contributed by atoms with E-state index in [0.717, 1.165) is 4.57 Å². The van der Waals surface area contributed by atoms with Gasteiger partial charge in [-0.15, -0.1) is 0 Å². The van der Waals surface area contributed by atoms with Crippen LogP contribution < -0.4 is 5.32 Å². The molecule has 0 saturated heterocycles. The molecule has 0 unspecified atom stereocenters. The lowest BCUT2D eigenvalue weighted by atomic mass is 10.2. The second-order valence-electron chi connectivity index (χ2n) is 3.36. The molecule has 1 atom stereocenters. The first-order chi connectivity index (χ1) is 6.99. The van der Waals surface area contributed by atoms with Crippen LogP contribution >= 0.6 is 0 Å². The molecule has 0 saturated carbocycles. The minimum atomic E-state index is -1.07. The standard InChI is InChI=1S/C9H13N3O3/c1-6(11-7(2)13)3-8-4-12(5-10-8)9(14)15/h4-6H,3H2,1-2H3,(H,11,13)(H,14,15)/t6-/m1/s1. The first kappa shape index (κ1) is 11.2. The van der Waals surface area contributed by atoms with Gasteiger partial charge < -0.3 is 10.4 Å². The van der Waals surface area contributed by atoms with E-state index in [-0.39, 0.29) is 11.9 Å². The van der Waals surface area contributed by atoms with Crippen LogP contribution in [0.2, 0.25) is 0 Å². The third-order valence-corrected chi connectivity index (χ3v) is 1.82. The molecule has 1 aromatic rings. The van der Waals surface area contributed by atoms with Crippen LogP contribution in [0.1, 0.15) is 19.5 Å². The Bertz CT molecular complexity index is 372. The van der Waals surface area contributed by atoms with Crippen molar-refractivity contribution in [1.82, 2.24) is 14.9 Å². The molecule has 0 fully saturated rings. The zero-order valence-corrected chi connectivity index (χ0v) is 8.60. The summed E-state index contributed by atoms with van der Waals surface area (Å²) in [7, 11) is 0. The Morgan fingerprint density at radius 1 is 1.67 bits per heavy atom. The van der Waals surface area contributed by atoms with Gasteiger partial charge in [-0.25, -0.2) is 14.3 Å². The van der Waals surface area contributed by atoms with Crippen LogP contribution in [0.3, 0.4) is 0 Å². The minimum Gasteiger partial charge on any atom is -0.464 e. The maximum Gasteiger partial charge on any atom is 0.416 e. The molecule has 82 valence electrons. The highest BCUT2D eigenvalue weighted by atomic mass is 16.4. The number of carboxylic acid groups (broad SMARTS) is 1. The monoisotopic (exact) mass is 211 g/mol. The first-order valence-corrected chi connectivity index (χ1v) is 4.52. The van der Waals surface area contributed by atoms with Crippen LogP contribution in [0.15, 0.2) is 12.5 Å². The summed E-state index contributed by atoms with van der Waals surface area (Å²) in [6.45, 7) is 3.27. The fourth-order valence-electron chi connectivity index (χ4n) is 1.29. The first-order valence-electron chi connectivity index (χ1n) is 4.52. The number of amides is 1. The summed E-state index contributed by atoms with van der Waals surface area (Å²) in [6.07, 6.45) is 2.11. The molecule has 0 aliphatic heterocycles. The fourth-order valence-corrected chi connectivity index (χ4v) is 1.29. The molecule has 0 aromatic carbocycles. The molecule has 0 aliphatic rings. The Morgan fingerprint density at radius 3 is 2.80 bits per heavy atom. The van der Waals surface area contributed by atoms with Crippen LogP contribution in [-0.4, -0.2) is 32.7 Å². The quantitative estimate of drug-likeness (QED) is 0.761. The summed E-state index contributed by atoms with van der Waals surface area (Å²) < 4.78 is 0.982. The predicted molar refractivity (Wildman–Crippen MR) is 52.6 cm³/mol. The van der Waals surface area contributed by atoms with E-state index in [1.165, 1.54) is 19.4 Å². The second kappa shape index (κ2) is 4.59. The topological polar surface area (TPSA) is 84.2 Å². The fraction of sp³-hybridized carbons (Fsp3) is 0.444. The van der Waals surface area contributed by atoms with Crippen LogP contribution in [0.25, 0.3) is 0 Å². The molecule has 15 heavy (non-hydrogen) atoms. The number of nitrogens with zero attached hydrogens (tertiary/aromatic N) is 2. The number of nitrogens with one attached hydrogen (secondary N) is 1. The highest BCUT2D eigenvalue weighted by molar-refractivity contribution is 5.73. The van der Waals surface area contributed by atoms with Crippen LogP contribution in [0.5, 0.6) is 0 Å². The van der Waals surface area contributed by atoms with Crippen molar-refractivity contribution in [2.24, 2.45) is 0 Å². The lowest BCUT2D eigenvalue weighted by molar-refractivity contribution is -0.119. The summed E-state index contributed by atoms with van der Waals surface area (Å²) in [4.78, 5) is 25.2. The zero-order chi connectivity index (χ0) is 11.4. The van der Waals surface area contributed by atoms with Gasteiger partial charge in [0.15, 0.2) is 0 Å². The van der Waals surface area contributed by atoms with Gasteiger partial charge in [-0.2, -0.15) is 0 Å². The van der Waals surface area contributed by atoms with Gasteiger partial charge >= 0.3 is 6.09 Å². The van der Waals surface area contributed by atoms with Crippen molar-refractivity contribution in [3.63, 3.8) is 0 Å². The van der Waals surface area contributed by atoms with Crippen molar-refractivity contribution >= 4 is 12.0 Å². The molecule has 1 amide bonds. The maximum absolute atomic E-state index is 10.7. The second-order valence-corrected chi connectivity index (χ2v) is 3.36. The smallest absolute Gasteiger partial charge is 0.416 e. The lowest BCUT2D eigenvalue weighted by Gasteiger charge is -2.09. The average Bonchev–Trinajstić information content (AvgIpc) is 2.50. The summed E-state index contributed by atoms with van der Waals surface area (Å²) >= 11 is 0. The van der Waals surface area contributed by atoms with Crippen molar-refractivity contribution in [3.8, 4) is 0 Å². The van der Waals surface area contributed by atoms with Crippen molar-refractivity contribution in [3.05, 3.63) is 18.2 Å².